The van der Waals surface area contributed by atoms with E-state index in [2.05, 4.69) is 16.7 Å². The summed E-state index contributed by atoms with van der Waals surface area (Å²) in [5, 5.41) is 6.25. The highest BCUT2D eigenvalue weighted by molar-refractivity contribution is 5.80. The van der Waals surface area contributed by atoms with Crippen LogP contribution in [0.15, 0.2) is 24.3 Å². The van der Waals surface area contributed by atoms with Crippen LogP contribution in [-0.4, -0.2) is 19.5 Å². The molecule has 0 atom stereocenters. The Morgan fingerprint density at radius 2 is 1.85 bits per heavy atom. The number of para-hydroxylation sites is 1. The average Bonchev–Trinajstić information content (AvgIpc) is 2.75. The molecule has 1 fully saturated rings. The van der Waals surface area contributed by atoms with Crippen LogP contribution in [0.25, 0.3) is 0 Å². The zero-order valence-electron chi connectivity index (χ0n) is 12.5. The molecule has 0 bridgehead atoms. The molecule has 0 aromatic heterocycles. The van der Waals surface area contributed by atoms with Crippen molar-refractivity contribution in [3.8, 4) is 0 Å². The fraction of sp³-hybridized carbons (Fsp3) is 0.588. The molecule has 0 aliphatic heterocycles. The Balaban J connectivity index is 1.92. The Morgan fingerprint density at radius 1 is 1.15 bits per heavy atom. The second kappa shape index (κ2) is 7.93. The highest BCUT2D eigenvalue weighted by Crippen LogP contribution is 2.24. The molecule has 0 spiro atoms. The van der Waals surface area contributed by atoms with E-state index in [-0.39, 0.29) is 5.91 Å². The van der Waals surface area contributed by atoms with Crippen LogP contribution in [0, 0.1) is 5.92 Å². The van der Waals surface area contributed by atoms with Crippen LogP contribution in [0.2, 0.25) is 0 Å². The van der Waals surface area contributed by atoms with Crippen LogP contribution < -0.4 is 10.6 Å². The summed E-state index contributed by atoms with van der Waals surface area (Å²) in [6.45, 7) is 1.03. The van der Waals surface area contributed by atoms with Crippen LogP contribution in [0.1, 0.15) is 44.1 Å². The van der Waals surface area contributed by atoms with Crippen molar-refractivity contribution in [3.63, 3.8) is 0 Å². The number of carbonyl (C=O) groups is 1. The number of likely N-dealkylation sites (N-methyl/N-ethyl adjacent to an activating group) is 1. The molecule has 0 heterocycles. The fourth-order valence-electron chi connectivity index (χ4n) is 2.93. The van der Waals surface area contributed by atoms with Crippen LogP contribution in [0.4, 0.5) is 5.69 Å². The smallest absolute Gasteiger partial charge is 0.224 e. The lowest BCUT2D eigenvalue weighted by molar-refractivity contribution is -0.119. The zero-order valence-corrected chi connectivity index (χ0v) is 12.5. The standard InChI is InChI=1S/C17H26N2O/c1-18-17(20)12-15-10-6-7-11-16(15)19-13-14-8-4-2-3-5-9-14/h6-7,10-11,14,19H,2-5,8-9,12-13H2,1H3,(H,18,20). The van der Waals surface area contributed by atoms with Gasteiger partial charge in [-0.3, -0.25) is 4.79 Å². The maximum absolute atomic E-state index is 11.5. The van der Waals surface area contributed by atoms with Gasteiger partial charge in [0.2, 0.25) is 5.91 Å². The van der Waals surface area contributed by atoms with E-state index in [1.165, 1.54) is 38.5 Å². The van der Waals surface area contributed by atoms with Crippen molar-refractivity contribution in [3.05, 3.63) is 29.8 Å². The molecule has 0 unspecified atom stereocenters. The summed E-state index contributed by atoms with van der Waals surface area (Å²) in [6, 6.07) is 8.14. The predicted octanol–water partition coefficient (Wildman–Crippen LogP) is 3.36. The minimum absolute atomic E-state index is 0.0636. The van der Waals surface area contributed by atoms with Crippen molar-refractivity contribution in [2.75, 3.05) is 18.9 Å². The first-order valence-electron chi connectivity index (χ1n) is 7.82. The summed E-state index contributed by atoms with van der Waals surface area (Å²) < 4.78 is 0. The number of hydrogen-bond acceptors (Lipinski definition) is 2. The molecular formula is C17H26N2O. The van der Waals surface area contributed by atoms with Gasteiger partial charge in [0.25, 0.3) is 0 Å². The van der Waals surface area contributed by atoms with E-state index >= 15 is 0 Å². The van der Waals surface area contributed by atoms with E-state index in [4.69, 9.17) is 0 Å². The molecule has 0 saturated heterocycles. The quantitative estimate of drug-likeness (QED) is 0.808. The second-order valence-electron chi connectivity index (χ2n) is 5.75. The number of benzene rings is 1. The Bertz CT molecular complexity index is 423. The highest BCUT2D eigenvalue weighted by atomic mass is 16.1. The average molecular weight is 274 g/mol. The van der Waals surface area contributed by atoms with E-state index in [9.17, 15) is 4.79 Å². The summed E-state index contributed by atoms with van der Waals surface area (Å²) in [5.41, 5.74) is 2.20. The Kier molecular flexibility index (Phi) is 5.90. The fourth-order valence-corrected chi connectivity index (χ4v) is 2.93. The lowest BCUT2D eigenvalue weighted by Gasteiger charge is -2.17. The van der Waals surface area contributed by atoms with Gasteiger partial charge in [-0.15, -0.1) is 0 Å². The van der Waals surface area contributed by atoms with Gasteiger partial charge in [-0.1, -0.05) is 43.9 Å². The third-order valence-corrected chi connectivity index (χ3v) is 4.20. The summed E-state index contributed by atoms with van der Waals surface area (Å²) in [5.74, 6) is 0.847. The van der Waals surface area contributed by atoms with Crippen molar-refractivity contribution in [2.24, 2.45) is 5.92 Å². The molecule has 20 heavy (non-hydrogen) atoms. The van der Waals surface area contributed by atoms with E-state index in [0.29, 0.717) is 6.42 Å². The van der Waals surface area contributed by atoms with E-state index in [1.54, 1.807) is 7.05 Å². The Morgan fingerprint density at radius 3 is 2.55 bits per heavy atom. The van der Waals surface area contributed by atoms with Gasteiger partial charge in [0.05, 0.1) is 6.42 Å². The largest absolute Gasteiger partial charge is 0.385 e. The summed E-state index contributed by atoms with van der Waals surface area (Å²) in [4.78, 5) is 11.5. The molecule has 0 radical (unpaired) electrons. The number of carbonyl (C=O) groups excluding carboxylic acids is 1. The number of hydrogen-bond donors (Lipinski definition) is 2. The maximum Gasteiger partial charge on any atom is 0.224 e. The lowest BCUT2D eigenvalue weighted by Crippen LogP contribution is -2.21. The van der Waals surface area contributed by atoms with Crippen molar-refractivity contribution < 1.29 is 4.79 Å². The number of rotatable bonds is 5. The summed E-state index contributed by atoms with van der Waals surface area (Å²) in [7, 11) is 1.68. The molecular weight excluding hydrogens is 248 g/mol. The maximum atomic E-state index is 11.5. The number of nitrogens with one attached hydrogen (secondary N) is 2. The van der Waals surface area contributed by atoms with Crippen molar-refractivity contribution in [1.29, 1.82) is 0 Å². The van der Waals surface area contributed by atoms with Crippen LogP contribution >= 0.6 is 0 Å². The van der Waals surface area contributed by atoms with Gasteiger partial charge in [-0.25, -0.2) is 0 Å². The van der Waals surface area contributed by atoms with Gasteiger partial charge < -0.3 is 10.6 Å². The van der Waals surface area contributed by atoms with E-state index in [1.807, 2.05) is 18.2 Å². The third kappa shape index (κ3) is 4.55. The van der Waals surface area contributed by atoms with Gasteiger partial charge >= 0.3 is 0 Å². The van der Waals surface area contributed by atoms with Gasteiger partial charge in [0, 0.05) is 19.3 Å². The van der Waals surface area contributed by atoms with Gasteiger partial charge in [0.15, 0.2) is 0 Å². The first-order valence-corrected chi connectivity index (χ1v) is 7.82. The summed E-state index contributed by atoms with van der Waals surface area (Å²) >= 11 is 0. The van der Waals surface area contributed by atoms with Crippen molar-refractivity contribution in [2.45, 2.75) is 44.9 Å². The van der Waals surface area contributed by atoms with Gasteiger partial charge in [0.1, 0.15) is 0 Å². The number of anilines is 1. The van der Waals surface area contributed by atoms with Gasteiger partial charge in [-0.05, 0) is 30.4 Å². The Labute approximate surface area is 122 Å². The number of amides is 1. The molecule has 2 rings (SSSR count). The van der Waals surface area contributed by atoms with Crippen molar-refractivity contribution >= 4 is 11.6 Å². The summed E-state index contributed by atoms with van der Waals surface area (Å²) in [6.07, 6.45) is 8.64. The minimum atomic E-state index is 0.0636. The third-order valence-electron chi connectivity index (χ3n) is 4.20. The molecule has 1 aromatic rings. The highest BCUT2D eigenvalue weighted by Gasteiger charge is 2.13. The second-order valence-corrected chi connectivity index (χ2v) is 5.75. The topological polar surface area (TPSA) is 41.1 Å². The molecule has 3 nitrogen and oxygen atoms in total. The zero-order chi connectivity index (χ0) is 14.2. The Hall–Kier alpha value is -1.51. The van der Waals surface area contributed by atoms with Crippen molar-refractivity contribution in [1.82, 2.24) is 5.32 Å². The minimum Gasteiger partial charge on any atom is -0.385 e. The molecule has 2 N–H and O–H groups in total. The normalized spacial score (nSPS) is 16.4. The van der Waals surface area contributed by atoms with Crippen LogP contribution in [0.5, 0.6) is 0 Å². The molecule has 1 aliphatic carbocycles. The van der Waals surface area contributed by atoms with Crippen LogP contribution in [0.3, 0.4) is 0 Å². The lowest BCUT2D eigenvalue weighted by atomic mass is 10.00. The van der Waals surface area contributed by atoms with E-state index < -0.39 is 0 Å². The molecule has 1 aliphatic rings. The monoisotopic (exact) mass is 274 g/mol. The SMILES string of the molecule is CNC(=O)Cc1ccccc1NCC1CCCCCC1. The molecule has 1 aromatic carbocycles. The molecule has 3 heteroatoms. The first-order chi connectivity index (χ1) is 9.79. The van der Waals surface area contributed by atoms with E-state index in [0.717, 1.165) is 23.7 Å². The first kappa shape index (κ1) is 14.9. The molecule has 1 saturated carbocycles. The van der Waals surface area contributed by atoms with Crippen LogP contribution in [-0.2, 0) is 11.2 Å². The molecule has 110 valence electrons. The van der Waals surface area contributed by atoms with Gasteiger partial charge in [-0.2, -0.15) is 0 Å². The molecule has 1 amide bonds. The predicted molar refractivity (Wildman–Crippen MR) is 83.9 cm³/mol.